The first-order valence-electron chi connectivity index (χ1n) is 8.05. The van der Waals surface area contributed by atoms with Gasteiger partial charge >= 0.3 is 6.18 Å². The predicted octanol–water partition coefficient (Wildman–Crippen LogP) is 5.00. The summed E-state index contributed by atoms with van der Waals surface area (Å²) in [5.41, 5.74) is -2.63. The molecule has 0 saturated carbocycles. The fourth-order valence-corrected chi connectivity index (χ4v) is 2.40. The van der Waals surface area contributed by atoms with Crippen molar-refractivity contribution < 1.29 is 27.5 Å². The number of anilines is 1. The van der Waals surface area contributed by atoms with Gasteiger partial charge in [-0.05, 0) is 42.7 Å². The summed E-state index contributed by atoms with van der Waals surface area (Å²) in [6.45, 7) is 2.46. The lowest BCUT2D eigenvalue weighted by molar-refractivity contribution is -0.258. The Balaban J connectivity index is 2.26. The zero-order valence-corrected chi connectivity index (χ0v) is 14.3. The van der Waals surface area contributed by atoms with Crippen LogP contribution in [0.25, 0.3) is 11.1 Å². The van der Waals surface area contributed by atoms with Crippen LogP contribution < -0.4 is 5.32 Å². The minimum absolute atomic E-state index is 0.0955. The number of carbonyl (C=O) groups excluding carboxylic acids is 1. The molecule has 0 aliphatic heterocycles. The quantitative estimate of drug-likeness (QED) is 0.729. The van der Waals surface area contributed by atoms with Crippen molar-refractivity contribution >= 4 is 11.6 Å². The Morgan fingerprint density at radius 3 is 2.23 bits per heavy atom. The summed E-state index contributed by atoms with van der Waals surface area (Å²) < 4.78 is 52.9. The second kappa shape index (κ2) is 7.45. The predicted molar refractivity (Wildman–Crippen MR) is 91.0 cm³/mol. The number of benzene rings is 2. The second-order valence-electron chi connectivity index (χ2n) is 6.14. The first-order valence-corrected chi connectivity index (χ1v) is 8.05. The molecule has 3 nitrogen and oxygen atoms in total. The monoisotopic (exact) mass is 369 g/mol. The Hall–Kier alpha value is -2.41. The van der Waals surface area contributed by atoms with Gasteiger partial charge < -0.3 is 10.4 Å². The number of aliphatic hydroxyl groups is 1. The van der Waals surface area contributed by atoms with Gasteiger partial charge in [-0.25, -0.2) is 4.39 Å². The standard InChI is InChI=1S/C19H19F4NO2/c1-3-4-17(25)24-14-8-5-12(6-9-14)15-10-7-13(11-16(15)20)18(2,26)19(21,22)23/h5-11,26H,3-4H2,1-2H3,(H,24,25). The summed E-state index contributed by atoms with van der Waals surface area (Å²) in [6.07, 6.45) is -3.82. The summed E-state index contributed by atoms with van der Waals surface area (Å²) in [5, 5.41) is 12.3. The Bertz CT molecular complexity index is 783. The molecule has 0 spiro atoms. The van der Waals surface area contributed by atoms with E-state index >= 15 is 0 Å². The molecule has 2 rings (SSSR count). The van der Waals surface area contributed by atoms with Gasteiger partial charge in [-0.1, -0.05) is 31.2 Å². The van der Waals surface area contributed by atoms with E-state index in [0.717, 1.165) is 6.07 Å². The minimum atomic E-state index is -4.92. The van der Waals surface area contributed by atoms with Crippen LogP contribution in [-0.4, -0.2) is 17.2 Å². The molecule has 0 fully saturated rings. The number of amides is 1. The third kappa shape index (κ3) is 4.22. The van der Waals surface area contributed by atoms with Crippen molar-refractivity contribution in [3.63, 3.8) is 0 Å². The number of hydrogen-bond acceptors (Lipinski definition) is 2. The van der Waals surface area contributed by atoms with Crippen molar-refractivity contribution in [1.29, 1.82) is 0 Å². The molecule has 1 unspecified atom stereocenters. The maximum atomic E-state index is 14.3. The van der Waals surface area contributed by atoms with Gasteiger partial charge in [0.1, 0.15) is 5.82 Å². The van der Waals surface area contributed by atoms with E-state index in [1.165, 1.54) is 6.07 Å². The first-order chi connectivity index (χ1) is 12.1. The average Bonchev–Trinajstić information content (AvgIpc) is 2.55. The lowest BCUT2D eigenvalue weighted by Gasteiger charge is -2.27. The Kier molecular flexibility index (Phi) is 5.71. The highest BCUT2D eigenvalue weighted by molar-refractivity contribution is 5.90. The zero-order valence-electron chi connectivity index (χ0n) is 14.3. The van der Waals surface area contributed by atoms with Gasteiger partial charge in [-0.15, -0.1) is 0 Å². The third-order valence-electron chi connectivity index (χ3n) is 4.04. The SMILES string of the molecule is CCCC(=O)Nc1ccc(-c2ccc(C(C)(O)C(F)(F)F)cc2F)cc1. The molecule has 7 heteroatoms. The van der Waals surface area contributed by atoms with Crippen LogP contribution in [0.15, 0.2) is 42.5 Å². The van der Waals surface area contributed by atoms with E-state index in [4.69, 9.17) is 0 Å². The molecular formula is C19H19F4NO2. The maximum absolute atomic E-state index is 14.3. The molecule has 0 aromatic heterocycles. The van der Waals surface area contributed by atoms with Crippen molar-refractivity contribution in [2.75, 3.05) is 5.32 Å². The zero-order chi connectivity index (χ0) is 19.5. The van der Waals surface area contributed by atoms with Crippen molar-refractivity contribution in [2.24, 2.45) is 0 Å². The molecule has 2 aromatic carbocycles. The van der Waals surface area contributed by atoms with Gasteiger partial charge in [0.05, 0.1) is 0 Å². The van der Waals surface area contributed by atoms with Crippen LogP contribution in [0.3, 0.4) is 0 Å². The average molecular weight is 369 g/mol. The van der Waals surface area contributed by atoms with E-state index in [1.807, 2.05) is 6.92 Å². The Labute approximate surface area is 148 Å². The number of alkyl halides is 3. The van der Waals surface area contributed by atoms with Crippen LogP contribution >= 0.6 is 0 Å². The van der Waals surface area contributed by atoms with E-state index in [9.17, 15) is 27.5 Å². The van der Waals surface area contributed by atoms with Gasteiger partial charge in [0.15, 0.2) is 5.60 Å². The van der Waals surface area contributed by atoms with Crippen LogP contribution in [0.5, 0.6) is 0 Å². The van der Waals surface area contributed by atoms with Gasteiger partial charge in [0, 0.05) is 17.7 Å². The summed E-state index contributed by atoms with van der Waals surface area (Å²) in [6, 6.07) is 9.20. The highest BCUT2D eigenvalue weighted by Crippen LogP contribution is 2.39. The van der Waals surface area contributed by atoms with Gasteiger partial charge in [0.2, 0.25) is 5.91 Å². The summed E-state index contributed by atoms with van der Waals surface area (Å²) in [7, 11) is 0. The second-order valence-corrected chi connectivity index (χ2v) is 6.14. The fraction of sp³-hybridized carbons (Fsp3) is 0.316. The summed E-state index contributed by atoms with van der Waals surface area (Å²) in [4.78, 5) is 11.5. The van der Waals surface area contributed by atoms with Crippen molar-refractivity contribution in [2.45, 2.75) is 38.5 Å². The number of carbonyl (C=O) groups is 1. The summed E-state index contributed by atoms with van der Waals surface area (Å²) >= 11 is 0. The smallest absolute Gasteiger partial charge is 0.376 e. The molecular weight excluding hydrogens is 350 g/mol. The van der Waals surface area contributed by atoms with Crippen molar-refractivity contribution in [1.82, 2.24) is 0 Å². The lowest BCUT2D eigenvalue weighted by Crippen LogP contribution is -2.39. The van der Waals surface area contributed by atoms with Crippen LogP contribution in [0.4, 0.5) is 23.2 Å². The number of nitrogens with one attached hydrogen (secondary N) is 1. The highest BCUT2D eigenvalue weighted by atomic mass is 19.4. The van der Waals surface area contributed by atoms with Crippen molar-refractivity contribution in [3.05, 3.63) is 53.8 Å². The largest absolute Gasteiger partial charge is 0.421 e. The van der Waals surface area contributed by atoms with Crippen LogP contribution in [0.1, 0.15) is 32.3 Å². The van der Waals surface area contributed by atoms with E-state index < -0.39 is 23.2 Å². The maximum Gasteiger partial charge on any atom is 0.421 e. The Morgan fingerprint density at radius 1 is 1.12 bits per heavy atom. The van der Waals surface area contributed by atoms with Gasteiger partial charge in [-0.3, -0.25) is 4.79 Å². The molecule has 0 radical (unpaired) electrons. The Morgan fingerprint density at radius 2 is 1.73 bits per heavy atom. The van der Waals surface area contributed by atoms with Crippen molar-refractivity contribution in [3.8, 4) is 11.1 Å². The lowest BCUT2D eigenvalue weighted by atomic mass is 9.93. The molecule has 2 aromatic rings. The highest BCUT2D eigenvalue weighted by Gasteiger charge is 2.51. The van der Waals surface area contributed by atoms with Crippen LogP contribution in [-0.2, 0) is 10.4 Å². The van der Waals surface area contributed by atoms with Gasteiger partial charge in [0.25, 0.3) is 0 Å². The molecule has 0 bridgehead atoms. The number of hydrogen-bond donors (Lipinski definition) is 2. The van der Waals surface area contributed by atoms with Crippen LogP contribution in [0, 0.1) is 5.82 Å². The van der Waals surface area contributed by atoms with E-state index in [0.29, 0.717) is 37.1 Å². The fourth-order valence-electron chi connectivity index (χ4n) is 2.40. The van der Waals surface area contributed by atoms with E-state index in [2.05, 4.69) is 5.32 Å². The third-order valence-corrected chi connectivity index (χ3v) is 4.04. The molecule has 26 heavy (non-hydrogen) atoms. The minimum Gasteiger partial charge on any atom is -0.376 e. The van der Waals surface area contributed by atoms with Crippen LogP contribution in [0.2, 0.25) is 0 Å². The molecule has 0 saturated heterocycles. The number of halogens is 4. The normalized spacial score (nSPS) is 14.0. The first kappa shape index (κ1) is 19.9. The topological polar surface area (TPSA) is 49.3 Å². The van der Waals surface area contributed by atoms with Gasteiger partial charge in [-0.2, -0.15) is 13.2 Å². The molecule has 0 aliphatic carbocycles. The molecule has 2 N–H and O–H groups in total. The molecule has 140 valence electrons. The molecule has 0 heterocycles. The molecule has 0 aliphatic rings. The summed E-state index contributed by atoms with van der Waals surface area (Å²) in [5.74, 6) is -1.01. The number of rotatable bonds is 5. The van der Waals surface area contributed by atoms with E-state index in [1.54, 1.807) is 24.3 Å². The molecule has 1 amide bonds. The molecule has 1 atom stereocenters. The van der Waals surface area contributed by atoms with E-state index in [-0.39, 0.29) is 11.5 Å².